The molecule has 0 saturated carbocycles. The van der Waals surface area contributed by atoms with Gasteiger partial charge >= 0.3 is 0 Å². The molecular formula is C13H13N3O2. The number of carbonyl (C=O) groups is 1. The Hall–Kier alpha value is -2.30. The lowest BCUT2D eigenvalue weighted by atomic mass is 10.1. The van der Waals surface area contributed by atoms with Crippen LogP contribution in [-0.2, 0) is 16.0 Å². The number of H-pyrrole nitrogens is 1. The van der Waals surface area contributed by atoms with Gasteiger partial charge in [0.15, 0.2) is 6.10 Å². The normalized spacial score (nSPS) is 21.3. The smallest absolute Gasteiger partial charge is 0.292 e. The lowest BCUT2D eigenvalue weighted by Crippen LogP contribution is -2.26. The molecule has 0 unspecified atom stereocenters. The number of para-hydroxylation sites is 1. The number of amides is 1. The van der Waals surface area contributed by atoms with Crippen LogP contribution >= 0.6 is 0 Å². The molecule has 1 amide bonds. The number of fused-ring (bicyclic) bond motifs is 1. The van der Waals surface area contributed by atoms with Gasteiger partial charge in [-0.3, -0.25) is 10.1 Å². The summed E-state index contributed by atoms with van der Waals surface area (Å²) in [5.74, 6) is -0.138. The second-order valence-corrected chi connectivity index (χ2v) is 4.19. The van der Waals surface area contributed by atoms with Crippen molar-refractivity contribution in [2.45, 2.75) is 12.5 Å². The molecule has 1 atom stereocenters. The van der Waals surface area contributed by atoms with Gasteiger partial charge in [0.05, 0.1) is 0 Å². The monoisotopic (exact) mass is 243 g/mol. The molecule has 0 spiro atoms. The highest BCUT2D eigenvalue weighted by Gasteiger charge is 2.31. The highest BCUT2D eigenvalue weighted by atomic mass is 16.5. The molecule has 2 heterocycles. The maximum atomic E-state index is 11.7. The standard InChI is InChI=1S/C13H13N3O2/c1-14-13-16-12(17)11(18-13)6-8-7-15-10-5-3-2-4-9(8)10/h2-5,7,11,15H,6H2,1H3,(H,14,16,17)/t11-/m0/s1. The third-order valence-electron chi connectivity index (χ3n) is 3.06. The molecule has 0 radical (unpaired) electrons. The van der Waals surface area contributed by atoms with E-state index in [1.807, 2.05) is 30.5 Å². The van der Waals surface area contributed by atoms with Gasteiger partial charge in [0.1, 0.15) is 0 Å². The van der Waals surface area contributed by atoms with Crippen LogP contribution in [0, 0.1) is 0 Å². The van der Waals surface area contributed by atoms with Crippen LogP contribution in [0.3, 0.4) is 0 Å². The number of ether oxygens (including phenoxy) is 1. The fourth-order valence-electron chi connectivity index (χ4n) is 2.15. The summed E-state index contributed by atoms with van der Waals surface area (Å²) < 4.78 is 5.42. The SMILES string of the molecule is CN=C1NC(=O)[C@H](Cc2c[nH]c3ccccc23)O1. The molecule has 1 aromatic heterocycles. The van der Waals surface area contributed by atoms with Crippen molar-refractivity contribution < 1.29 is 9.53 Å². The Morgan fingerprint density at radius 2 is 2.22 bits per heavy atom. The van der Waals surface area contributed by atoms with E-state index in [4.69, 9.17) is 4.74 Å². The first-order valence-corrected chi connectivity index (χ1v) is 5.77. The van der Waals surface area contributed by atoms with E-state index in [-0.39, 0.29) is 5.91 Å². The van der Waals surface area contributed by atoms with Crippen LogP contribution in [0.2, 0.25) is 0 Å². The van der Waals surface area contributed by atoms with Crippen molar-refractivity contribution in [2.75, 3.05) is 7.05 Å². The van der Waals surface area contributed by atoms with Gasteiger partial charge in [0, 0.05) is 30.6 Å². The number of amidine groups is 1. The minimum Gasteiger partial charge on any atom is -0.451 e. The Morgan fingerprint density at radius 3 is 3.00 bits per heavy atom. The van der Waals surface area contributed by atoms with Crippen LogP contribution < -0.4 is 5.32 Å². The van der Waals surface area contributed by atoms with Crippen molar-refractivity contribution in [2.24, 2.45) is 4.99 Å². The average Bonchev–Trinajstić information content (AvgIpc) is 2.95. The molecule has 3 rings (SSSR count). The van der Waals surface area contributed by atoms with Crippen LogP contribution in [0.4, 0.5) is 0 Å². The molecule has 5 nitrogen and oxygen atoms in total. The second kappa shape index (κ2) is 4.18. The van der Waals surface area contributed by atoms with E-state index in [2.05, 4.69) is 15.3 Å². The number of aromatic amines is 1. The van der Waals surface area contributed by atoms with E-state index in [0.717, 1.165) is 16.5 Å². The lowest BCUT2D eigenvalue weighted by molar-refractivity contribution is -0.123. The zero-order valence-electron chi connectivity index (χ0n) is 9.93. The molecule has 0 bridgehead atoms. The van der Waals surface area contributed by atoms with E-state index in [0.29, 0.717) is 12.4 Å². The average molecular weight is 243 g/mol. The Kier molecular flexibility index (Phi) is 2.51. The van der Waals surface area contributed by atoms with Crippen LogP contribution in [0.15, 0.2) is 35.5 Å². The van der Waals surface area contributed by atoms with Crippen molar-refractivity contribution in [1.82, 2.24) is 10.3 Å². The molecule has 1 fully saturated rings. The third-order valence-corrected chi connectivity index (χ3v) is 3.06. The Labute approximate surface area is 104 Å². The first-order chi connectivity index (χ1) is 8.78. The summed E-state index contributed by atoms with van der Waals surface area (Å²) in [6.07, 6.45) is 1.96. The van der Waals surface area contributed by atoms with Gasteiger partial charge in [-0.2, -0.15) is 0 Å². The minimum absolute atomic E-state index is 0.138. The summed E-state index contributed by atoms with van der Waals surface area (Å²) in [6, 6.07) is 8.29. The van der Waals surface area contributed by atoms with E-state index in [9.17, 15) is 4.79 Å². The first kappa shape index (κ1) is 10.8. The summed E-state index contributed by atoms with van der Waals surface area (Å²) >= 11 is 0. The largest absolute Gasteiger partial charge is 0.451 e. The Balaban J connectivity index is 1.87. The summed E-state index contributed by atoms with van der Waals surface area (Å²) in [6.45, 7) is 0. The number of rotatable bonds is 2. The lowest BCUT2D eigenvalue weighted by Gasteiger charge is -2.05. The summed E-state index contributed by atoms with van der Waals surface area (Å²) in [5.41, 5.74) is 2.14. The topological polar surface area (TPSA) is 66.5 Å². The van der Waals surface area contributed by atoms with E-state index >= 15 is 0 Å². The highest BCUT2D eigenvalue weighted by Crippen LogP contribution is 2.20. The van der Waals surface area contributed by atoms with E-state index < -0.39 is 6.10 Å². The summed E-state index contributed by atoms with van der Waals surface area (Å²) in [5, 5.41) is 3.71. The van der Waals surface area contributed by atoms with Crippen molar-refractivity contribution in [3.05, 3.63) is 36.0 Å². The summed E-state index contributed by atoms with van der Waals surface area (Å²) in [4.78, 5) is 18.7. The van der Waals surface area contributed by atoms with Gasteiger partial charge in [-0.15, -0.1) is 0 Å². The molecule has 2 N–H and O–H groups in total. The van der Waals surface area contributed by atoms with Crippen molar-refractivity contribution in [3.8, 4) is 0 Å². The maximum Gasteiger partial charge on any atom is 0.292 e. The molecule has 5 heteroatoms. The number of aromatic nitrogens is 1. The first-order valence-electron chi connectivity index (χ1n) is 5.77. The number of hydrogen-bond donors (Lipinski definition) is 2. The van der Waals surface area contributed by atoms with Crippen LogP contribution in [-0.4, -0.2) is 30.1 Å². The molecule has 1 saturated heterocycles. The molecule has 18 heavy (non-hydrogen) atoms. The van der Waals surface area contributed by atoms with Crippen LogP contribution in [0.1, 0.15) is 5.56 Å². The van der Waals surface area contributed by atoms with Gasteiger partial charge in [0.2, 0.25) is 0 Å². The van der Waals surface area contributed by atoms with Gasteiger partial charge in [-0.1, -0.05) is 18.2 Å². The number of benzene rings is 1. The van der Waals surface area contributed by atoms with Gasteiger partial charge in [-0.25, -0.2) is 4.99 Å². The van der Waals surface area contributed by atoms with Crippen LogP contribution in [0.5, 0.6) is 0 Å². The van der Waals surface area contributed by atoms with Gasteiger partial charge < -0.3 is 9.72 Å². The van der Waals surface area contributed by atoms with Gasteiger partial charge in [0.25, 0.3) is 11.9 Å². The number of nitrogens with one attached hydrogen (secondary N) is 2. The number of hydrogen-bond acceptors (Lipinski definition) is 3. The van der Waals surface area contributed by atoms with Crippen LogP contribution in [0.25, 0.3) is 10.9 Å². The molecule has 92 valence electrons. The molecule has 1 aromatic carbocycles. The fraction of sp³-hybridized carbons (Fsp3) is 0.231. The molecule has 0 aliphatic carbocycles. The Morgan fingerprint density at radius 1 is 1.39 bits per heavy atom. The molecule has 1 aliphatic heterocycles. The predicted octanol–water partition coefficient (Wildman–Crippen LogP) is 1.21. The van der Waals surface area contributed by atoms with Crippen molar-refractivity contribution in [3.63, 3.8) is 0 Å². The number of aliphatic imine (C=N–C) groups is 1. The number of carbonyl (C=O) groups excluding carboxylic acids is 1. The molecule has 1 aliphatic rings. The molecular weight excluding hydrogens is 230 g/mol. The number of nitrogens with zero attached hydrogens (tertiary/aromatic N) is 1. The quantitative estimate of drug-likeness (QED) is 0.832. The van der Waals surface area contributed by atoms with Gasteiger partial charge in [-0.05, 0) is 11.6 Å². The van der Waals surface area contributed by atoms with E-state index in [1.165, 1.54) is 0 Å². The minimum atomic E-state index is -0.497. The summed E-state index contributed by atoms with van der Waals surface area (Å²) in [7, 11) is 1.59. The molecule has 2 aromatic rings. The third kappa shape index (κ3) is 1.73. The Bertz CT molecular complexity index is 630. The fourth-order valence-corrected chi connectivity index (χ4v) is 2.15. The predicted molar refractivity (Wildman–Crippen MR) is 68.4 cm³/mol. The van der Waals surface area contributed by atoms with Crippen molar-refractivity contribution >= 4 is 22.8 Å². The maximum absolute atomic E-state index is 11.7. The van der Waals surface area contributed by atoms with E-state index in [1.54, 1.807) is 7.05 Å². The second-order valence-electron chi connectivity index (χ2n) is 4.19. The highest BCUT2D eigenvalue weighted by molar-refractivity contribution is 6.02. The van der Waals surface area contributed by atoms with Crippen molar-refractivity contribution in [1.29, 1.82) is 0 Å². The zero-order chi connectivity index (χ0) is 12.5. The zero-order valence-corrected chi connectivity index (χ0v) is 9.93.